The highest BCUT2D eigenvalue weighted by atomic mass is 16.3. The molecule has 1 aliphatic heterocycles. The normalized spacial score (nSPS) is 15.0. The molecule has 0 aliphatic carbocycles. The van der Waals surface area contributed by atoms with Crippen molar-refractivity contribution >= 4 is 6.03 Å². The van der Waals surface area contributed by atoms with Crippen molar-refractivity contribution in [2.45, 2.75) is 12.1 Å². The molecular formula is C31H31N3O2. The van der Waals surface area contributed by atoms with Crippen LogP contribution in [0.3, 0.4) is 0 Å². The van der Waals surface area contributed by atoms with Crippen LogP contribution in [0.25, 0.3) is 0 Å². The lowest BCUT2D eigenvalue weighted by atomic mass is 9.96. The maximum absolute atomic E-state index is 13.4. The summed E-state index contributed by atoms with van der Waals surface area (Å²) < 4.78 is 0. The number of nitrogens with zero attached hydrogens (tertiary/aromatic N) is 2. The van der Waals surface area contributed by atoms with Gasteiger partial charge in [0.2, 0.25) is 0 Å². The summed E-state index contributed by atoms with van der Waals surface area (Å²) in [6.07, 6.45) is 0. The van der Waals surface area contributed by atoms with E-state index in [2.05, 4.69) is 58.7 Å². The Morgan fingerprint density at radius 3 is 1.56 bits per heavy atom. The Labute approximate surface area is 212 Å². The van der Waals surface area contributed by atoms with Gasteiger partial charge in [0.1, 0.15) is 5.75 Å². The molecule has 1 saturated heterocycles. The number of hydrogen-bond acceptors (Lipinski definition) is 3. The number of hydrogen-bond donors (Lipinski definition) is 2. The van der Waals surface area contributed by atoms with E-state index < -0.39 is 0 Å². The summed E-state index contributed by atoms with van der Waals surface area (Å²) >= 11 is 0. The minimum atomic E-state index is -0.202. The van der Waals surface area contributed by atoms with Gasteiger partial charge < -0.3 is 15.3 Å². The van der Waals surface area contributed by atoms with Gasteiger partial charge >= 0.3 is 6.03 Å². The Morgan fingerprint density at radius 1 is 0.611 bits per heavy atom. The van der Waals surface area contributed by atoms with Crippen LogP contribution in [-0.2, 0) is 0 Å². The maximum Gasteiger partial charge on any atom is 0.318 e. The fourth-order valence-electron chi connectivity index (χ4n) is 4.95. The van der Waals surface area contributed by atoms with Gasteiger partial charge in [0, 0.05) is 26.2 Å². The van der Waals surface area contributed by atoms with Crippen LogP contribution in [0.4, 0.5) is 4.79 Å². The molecule has 1 unspecified atom stereocenters. The Kier molecular flexibility index (Phi) is 7.29. The molecule has 182 valence electrons. The quantitative estimate of drug-likeness (QED) is 0.380. The summed E-state index contributed by atoms with van der Waals surface area (Å²) in [4.78, 5) is 17.7. The largest absolute Gasteiger partial charge is 0.508 e. The lowest BCUT2D eigenvalue weighted by molar-refractivity contribution is 0.119. The van der Waals surface area contributed by atoms with Crippen molar-refractivity contribution < 1.29 is 9.90 Å². The lowest BCUT2D eigenvalue weighted by Gasteiger charge is -2.40. The third kappa shape index (κ3) is 5.42. The highest BCUT2D eigenvalue weighted by Crippen LogP contribution is 2.31. The number of urea groups is 1. The number of nitrogens with one attached hydrogen (secondary N) is 1. The van der Waals surface area contributed by atoms with Gasteiger partial charge in [-0.05, 0) is 34.4 Å². The van der Waals surface area contributed by atoms with Crippen LogP contribution in [0.2, 0.25) is 0 Å². The number of phenols is 1. The van der Waals surface area contributed by atoms with Crippen LogP contribution in [0.1, 0.15) is 34.3 Å². The van der Waals surface area contributed by atoms with E-state index in [1.165, 1.54) is 5.56 Å². The van der Waals surface area contributed by atoms with Gasteiger partial charge in [-0.3, -0.25) is 4.90 Å². The Bertz CT molecular complexity index is 1200. The molecule has 2 amide bonds. The first kappa shape index (κ1) is 23.6. The molecule has 0 radical (unpaired) electrons. The molecule has 0 bridgehead atoms. The first-order valence-corrected chi connectivity index (χ1v) is 12.4. The van der Waals surface area contributed by atoms with E-state index in [0.29, 0.717) is 13.1 Å². The second-order valence-corrected chi connectivity index (χ2v) is 9.13. The number of piperazine rings is 1. The predicted octanol–water partition coefficient (Wildman–Crippen LogP) is 5.60. The van der Waals surface area contributed by atoms with E-state index in [4.69, 9.17) is 0 Å². The van der Waals surface area contributed by atoms with E-state index in [-0.39, 0.29) is 23.9 Å². The van der Waals surface area contributed by atoms with Crippen molar-refractivity contribution in [3.05, 3.63) is 138 Å². The summed E-state index contributed by atoms with van der Waals surface area (Å²) in [6.45, 7) is 2.80. The van der Waals surface area contributed by atoms with E-state index in [9.17, 15) is 9.90 Å². The van der Waals surface area contributed by atoms with Crippen LogP contribution in [0.15, 0.2) is 115 Å². The van der Waals surface area contributed by atoms with Gasteiger partial charge in [-0.1, -0.05) is 103 Å². The zero-order valence-corrected chi connectivity index (χ0v) is 20.2. The molecule has 2 N–H and O–H groups in total. The number of amides is 2. The van der Waals surface area contributed by atoms with E-state index in [0.717, 1.165) is 29.8 Å². The third-order valence-electron chi connectivity index (χ3n) is 6.82. The number of rotatable bonds is 6. The number of benzene rings is 4. The highest BCUT2D eigenvalue weighted by molar-refractivity contribution is 5.75. The van der Waals surface area contributed by atoms with Crippen LogP contribution >= 0.6 is 0 Å². The molecular weight excluding hydrogens is 446 g/mol. The van der Waals surface area contributed by atoms with E-state index in [1.54, 1.807) is 12.1 Å². The first-order valence-electron chi connectivity index (χ1n) is 12.4. The summed E-state index contributed by atoms with van der Waals surface area (Å²) in [5.74, 6) is 0.262. The van der Waals surface area contributed by atoms with Crippen molar-refractivity contribution in [3.8, 4) is 5.75 Å². The van der Waals surface area contributed by atoms with Crippen molar-refractivity contribution in [3.63, 3.8) is 0 Å². The second kappa shape index (κ2) is 11.1. The average molecular weight is 478 g/mol. The minimum Gasteiger partial charge on any atom is -0.508 e. The SMILES string of the molecule is O=C(NC(c1ccccc1)c1ccccc1)N1CCN(C(c2ccccc2)c2ccc(O)cc2)CC1. The van der Waals surface area contributed by atoms with Gasteiger partial charge in [0.05, 0.1) is 12.1 Å². The summed E-state index contributed by atoms with van der Waals surface area (Å²) in [7, 11) is 0. The standard InChI is InChI=1S/C31H31N3O2/c35-28-18-16-27(17-19-28)30(26-14-8-3-9-15-26)33-20-22-34(23-21-33)31(36)32-29(24-10-4-1-5-11-24)25-12-6-2-7-13-25/h1-19,29-30,35H,20-23H2,(H,32,36). The van der Waals surface area contributed by atoms with Crippen LogP contribution < -0.4 is 5.32 Å². The zero-order valence-electron chi connectivity index (χ0n) is 20.2. The Hall–Kier alpha value is -4.09. The molecule has 5 nitrogen and oxygen atoms in total. The van der Waals surface area contributed by atoms with Crippen molar-refractivity contribution in [2.24, 2.45) is 0 Å². The fourth-order valence-corrected chi connectivity index (χ4v) is 4.95. The topological polar surface area (TPSA) is 55.8 Å². The lowest BCUT2D eigenvalue weighted by Crippen LogP contribution is -2.53. The van der Waals surface area contributed by atoms with E-state index in [1.807, 2.05) is 59.5 Å². The van der Waals surface area contributed by atoms with Crippen LogP contribution in [0.5, 0.6) is 5.75 Å². The predicted molar refractivity (Wildman–Crippen MR) is 143 cm³/mol. The van der Waals surface area contributed by atoms with Gasteiger partial charge in [0.15, 0.2) is 0 Å². The molecule has 4 aromatic carbocycles. The number of carbonyl (C=O) groups excluding carboxylic acids is 1. The number of phenolic OH excluding ortho intramolecular Hbond substituents is 1. The molecule has 5 heteroatoms. The fraction of sp³-hybridized carbons (Fsp3) is 0.194. The van der Waals surface area contributed by atoms with Crippen molar-refractivity contribution in [2.75, 3.05) is 26.2 Å². The highest BCUT2D eigenvalue weighted by Gasteiger charge is 2.29. The monoisotopic (exact) mass is 477 g/mol. The van der Waals surface area contributed by atoms with Crippen LogP contribution in [-0.4, -0.2) is 47.1 Å². The van der Waals surface area contributed by atoms with Gasteiger partial charge in [0.25, 0.3) is 0 Å². The molecule has 1 aliphatic rings. The zero-order chi connectivity index (χ0) is 24.7. The maximum atomic E-state index is 13.4. The summed E-state index contributed by atoms with van der Waals surface area (Å²) in [5, 5.41) is 13.1. The first-order chi connectivity index (χ1) is 17.7. The molecule has 1 heterocycles. The molecule has 0 saturated carbocycles. The van der Waals surface area contributed by atoms with Crippen molar-refractivity contribution in [1.82, 2.24) is 15.1 Å². The van der Waals surface area contributed by atoms with Gasteiger partial charge in [-0.25, -0.2) is 4.79 Å². The third-order valence-corrected chi connectivity index (χ3v) is 6.82. The molecule has 1 fully saturated rings. The molecule has 0 aromatic heterocycles. The van der Waals surface area contributed by atoms with Crippen LogP contribution in [0, 0.1) is 0 Å². The molecule has 4 aromatic rings. The van der Waals surface area contributed by atoms with Gasteiger partial charge in [-0.2, -0.15) is 0 Å². The van der Waals surface area contributed by atoms with E-state index >= 15 is 0 Å². The average Bonchev–Trinajstić information content (AvgIpc) is 2.95. The molecule has 5 rings (SSSR count). The summed E-state index contributed by atoms with van der Waals surface area (Å²) in [5.41, 5.74) is 4.46. The smallest absolute Gasteiger partial charge is 0.318 e. The molecule has 36 heavy (non-hydrogen) atoms. The minimum absolute atomic E-state index is 0.0479. The molecule has 0 spiro atoms. The van der Waals surface area contributed by atoms with Gasteiger partial charge in [-0.15, -0.1) is 0 Å². The number of carbonyl (C=O) groups is 1. The molecule has 1 atom stereocenters. The van der Waals surface area contributed by atoms with Crippen molar-refractivity contribution in [1.29, 1.82) is 0 Å². The Balaban J connectivity index is 1.30. The summed E-state index contributed by atoms with van der Waals surface area (Å²) in [6, 6.07) is 37.9. The Morgan fingerprint density at radius 2 is 1.06 bits per heavy atom. The second-order valence-electron chi connectivity index (χ2n) is 9.13. The number of aromatic hydroxyl groups is 1.